The monoisotopic (exact) mass is 715 g/mol. The molecule has 0 bridgehead atoms. The van der Waals surface area contributed by atoms with Crippen LogP contribution in [-0.2, 0) is 14.5 Å². The number of hydrogen-bond donors (Lipinski definition) is 0. The summed E-state index contributed by atoms with van der Waals surface area (Å²) in [6.45, 7) is 7.08. The van der Waals surface area contributed by atoms with Gasteiger partial charge in [0.25, 0.3) is 0 Å². The standard InChI is InChI=1S/C46H41N3O3S/c1-32(2)51-47-46(35-17-9-5-10-18-35)38-29-37-30-42(53-41-21-13-14-22-41)27-28-43(37)44(31-38)49(39-19-11-6-12-20-39)40-25-23-36(24-26-40)45(48-52-33(3)50)34-15-7-4-8-16-34/h4-12,15-20,23-31,41H,1,13-14,21-22H2,2-3H3/b47-46-,48-45-. The Kier molecular flexibility index (Phi) is 11.1. The van der Waals surface area contributed by atoms with Crippen molar-refractivity contribution in [2.45, 2.75) is 49.7 Å². The first-order valence-electron chi connectivity index (χ1n) is 17.9. The maximum Gasteiger partial charge on any atom is 0.332 e. The number of para-hydroxylation sites is 1. The second-order valence-corrected chi connectivity index (χ2v) is 14.5. The van der Waals surface area contributed by atoms with Crippen LogP contribution >= 0.6 is 11.8 Å². The summed E-state index contributed by atoms with van der Waals surface area (Å²) >= 11 is 1.98. The average Bonchev–Trinajstić information content (AvgIpc) is 3.70. The highest BCUT2D eigenvalue weighted by molar-refractivity contribution is 8.00. The minimum absolute atomic E-state index is 0.478. The third-order valence-electron chi connectivity index (χ3n) is 9.09. The zero-order valence-electron chi connectivity index (χ0n) is 29.9. The molecule has 0 N–H and O–H groups in total. The van der Waals surface area contributed by atoms with E-state index in [4.69, 9.17) is 9.68 Å². The lowest BCUT2D eigenvalue weighted by Gasteiger charge is -2.28. The Labute approximate surface area is 315 Å². The number of carbonyl (C=O) groups excluding carboxylic acids is 1. The molecule has 0 heterocycles. The number of nitrogens with zero attached hydrogens (tertiary/aromatic N) is 3. The van der Waals surface area contributed by atoms with Crippen LogP contribution in [0.1, 0.15) is 61.8 Å². The van der Waals surface area contributed by atoms with Gasteiger partial charge in [-0.1, -0.05) is 127 Å². The van der Waals surface area contributed by atoms with Gasteiger partial charge in [-0.3, -0.25) is 0 Å². The van der Waals surface area contributed by atoms with Crippen LogP contribution in [0, 0.1) is 0 Å². The quantitative estimate of drug-likeness (QED) is 0.0546. The predicted octanol–water partition coefficient (Wildman–Crippen LogP) is 12.0. The molecule has 0 spiro atoms. The van der Waals surface area contributed by atoms with Gasteiger partial charge in [0.15, 0.2) is 0 Å². The molecule has 53 heavy (non-hydrogen) atoms. The Morgan fingerprint density at radius 3 is 1.79 bits per heavy atom. The van der Waals surface area contributed by atoms with Crippen LogP contribution in [0.25, 0.3) is 10.8 Å². The van der Waals surface area contributed by atoms with E-state index < -0.39 is 5.97 Å². The van der Waals surface area contributed by atoms with Crippen LogP contribution in [0.15, 0.2) is 173 Å². The van der Waals surface area contributed by atoms with Crippen molar-refractivity contribution in [3.8, 4) is 0 Å². The molecule has 1 aliphatic rings. The number of benzene rings is 6. The number of carbonyl (C=O) groups is 1. The molecule has 7 heteroatoms. The van der Waals surface area contributed by atoms with Gasteiger partial charge in [0.1, 0.15) is 17.2 Å². The van der Waals surface area contributed by atoms with E-state index in [-0.39, 0.29) is 0 Å². The fourth-order valence-electron chi connectivity index (χ4n) is 6.66. The summed E-state index contributed by atoms with van der Waals surface area (Å²) in [5.41, 5.74) is 7.72. The zero-order valence-corrected chi connectivity index (χ0v) is 30.8. The van der Waals surface area contributed by atoms with Gasteiger partial charge in [0.2, 0.25) is 0 Å². The van der Waals surface area contributed by atoms with E-state index in [1.807, 2.05) is 90.6 Å². The zero-order chi connectivity index (χ0) is 36.6. The van der Waals surface area contributed by atoms with Crippen molar-refractivity contribution in [3.63, 3.8) is 0 Å². The highest BCUT2D eigenvalue weighted by Crippen LogP contribution is 2.42. The molecule has 7 rings (SSSR count). The molecule has 1 saturated carbocycles. The molecule has 0 unspecified atom stereocenters. The van der Waals surface area contributed by atoms with Gasteiger partial charge in [0.05, 0.1) is 5.69 Å². The van der Waals surface area contributed by atoms with Crippen molar-refractivity contribution in [1.82, 2.24) is 0 Å². The number of rotatable bonds is 12. The maximum atomic E-state index is 11.8. The van der Waals surface area contributed by atoms with Gasteiger partial charge in [-0.25, -0.2) is 4.79 Å². The topological polar surface area (TPSA) is 63.5 Å². The fourth-order valence-corrected chi connectivity index (χ4v) is 7.96. The molecule has 264 valence electrons. The first kappa shape index (κ1) is 35.5. The Hall–Kier alpha value is -5.92. The van der Waals surface area contributed by atoms with E-state index in [0.29, 0.717) is 22.4 Å². The summed E-state index contributed by atoms with van der Waals surface area (Å²) in [5.74, 6) is 0.0294. The van der Waals surface area contributed by atoms with Crippen LogP contribution in [0.5, 0.6) is 0 Å². The summed E-state index contributed by atoms with van der Waals surface area (Å²) in [6, 6.07) is 49.6. The third kappa shape index (κ3) is 8.59. The lowest BCUT2D eigenvalue weighted by Crippen LogP contribution is -2.13. The summed E-state index contributed by atoms with van der Waals surface area (Å²) in [5, 5.41) is 11.8. The highest BCUT2D eigenvalue weighted by Gasteiger charge is 2.21. The molecule has 6 nitrogen and oxygen atoms in total. The molecule has 0 radical (unpaired) electrons. The van der Waals surface area contributed by atoms with Crippen LogP contribution in [0.3, 0.4) is 0 Å². The number of anilines is 3. The Morgan fingerprint density at radius 1 is 0.642 bits per heavy atom. The highest BCUT2D eigenvalue weighted by atomic mass is 32.2. The van der Waals surface area contributed by atoms with Gasteiger partial charge in [-0.2, -0.15) is 0 Å². The summed E-state index contributed by atoms with van der Waals surface area (Å²) in [4.78, 5) is 26.2. The Morgan fingerprint density at radius 2 is 1.19 bits per heavy atom. The molecule has 0 aromatic heterocycles. The van der Waals surface area contributed by atoms with Crippen molar-refractivity contribution in [2.75, 3.05) is 4.90 Å². The van der Waals surface area contributed by atoms with Crippen LogP contribution in [0.2, 0.25) is 0 Å². The van der Waals surface area contributed by atoms with Gasteiger partial charge < -0.3 is 14.6 Å². The van der Waals surface area contributed by atoms with Gasteiger partial charge in [-0.05, 0) is 73.7 Å². The van der Waals surface area contributed by atoms with E-state index in [1.54, 1.807) is 6.92 Å². The van der Waals surface area contributed by atoms with Gasteiger partial charge in [0, 0.05) is 56.1 Å². The lowest BCUT2D eigenvalue weighted by molar-refractivity contribution is -0.140. The molecule has 6 aromatic carbocycles. The van der Waals surface area contributed by atoms with Crippen molar-refractivity contribution in [2.24, 2.45) is 10.3 Å². The molecule has 0 amide bonds. The van der Waals surface area contributed by atoms with Gasteiger partial charge >= 0.3 is 5.97 Å². The van der Waals surface area contributed by atoms with Crippen LogP contribution < -0.4 is 4.90 Å². The number of thioether (sulfide) groups is 1. The van der Waals surface area contributed by atoms with E-state index in [2.05, 4.69) is 88.5 Å². The van der Waals surface area contributed by atoms with E-state index >= 15 is 0 Å². The Balaban J connectivity index is 1.41. The fraction of sp³-hybridized carbons (Fsp3) is 0.152. The molecule has 6 aromatic rings. The second kappa shape index (κ2) is 16.6. The number of fused-ring (bicyclic) bond motifs is 1. The molecular formula is C46H41N3O3S. The van der Waals surface area contributed by atoms with Crippen molar-refractivity contribution >= 4 is 57.0 Å². The molecule has 0 atom stereocenters. The average molecular weight is 716 g/mol. The molecule has 1 fully saturated rings. The van der Waals surface area contributed by atoms with E-state index in [1.165, 1.54) is 37.5 Å². The Bertz CT molecular complexity index is 2270. The van der Waals surface area contributed by atoms with Crippen LogP contribution in [-0.4, -0.2) is 22.6 Å². The SMILES string of the molecule is C=C(C)O/N=C(/c1ccccc1)c1cc(N(c2ccccc2)c2ccc(/C(=N\OC(C)=O)c3ccccc3)cc2)c2ccc(SC3CCCC3)cc2c1. The predicted molar refractivity (Wildman–Crippen MR) is 219 cm³/mol. The minimum atomic E-state index is -0.478. The van der Waals surface area contributed by atoms with Crippen LogP contribution in [0.4, 0.5) is 17.1 Å². The second-order valence-electron chi connectivity index (χ2n) is 13.1. The van der Waals surface area contributed by atoms with Crippen molar-refractivity contribution < 1.29 is 14.5 Å². The van der Waals surface area contributed by atoms with E-state index in [9.17, 15) is 4.79 Å². The van der Waals surface area contributed by atoms with Gasteiger partial charge in [-0.15, -0.1) is 11.8 Å². The minimum Gasteiger partial charge on any atom is -0.362 e. The lowest BCUT2D eigenvalue weighted by atomic mass is 9.96. The summed E-state index contributed by atoms with van der Waals surface area (Å²) in [6.07, 6.45) is 5.11. The summed E-state index contributed by atoms with van der Waals surface area (Å²) < 4.78 is 0. The third-order valence-corrected chi connectivity index (χ3v) is 10.4. The molecule has 1 aliphatic carbocycles. The molecular weight excluding hydrogens is 675 g/mol. The van der Waals surface area contributed by atoms with Crippen molar-refractivity contribution in [3.05, 3.63) is 180 Å². The number of oxime groups is 2. The van der Waals surface area contributed by atoms with E-state index in [0.717, 1.165) is 50.1 Å². The molecule has 0 saturated heterocycles. The largest absolute Gasteiger partial charge is 0.362 e. The first-order valence-corrected chi connectivity index (χ1v) is 18.8. The smallest absolute Gasteiger partial charge is 0.332 e. The molecule has 0 aliphatic heterocycles. The first-order chi connectivity index (χ1) is 25.9. The number of allylic oxidation sites excluding steroid dienone is 1. The van der Waals surface area contributed by atoms with Crippen molar-refractivity contribution in [1.29, 1.82) is 0 Å². The number of hydrogen-bond acceptors (Lipinski definition) is 7. The normalized spacial score (nSPS) is 13.5. The maximum absolute atomic E-state index is 11.8. The summed E-state index contributed by atoms with van der Waals surface area (Å²) in [7, 11) is 0.